The van der Waals surface area contributed by atoms with Crippen LogP contribution in [0.5, 0.6) is 0 Å². The fourth-order valence-corrected chi connectivity index (χ4v) is 1.80. The Hall–Kier alpha value is 0.140. The predicted octanol–water partition coefficient (Wildman–Crippen LogP) is 2.65. The van der Waals surface area contributed by atoms with E-state index in [0.29, 0.717) is 10.6 Å². The van der Waals surface area contributed by atoms with Crippen molar-refractivity contribution in [3.63, 3.8) is 0 Å². The van der Waals surface area contributed by atoms with E-state index in [0.717, 1.165) is 0 Å². The van der Waals surface area contributed by atoms with Crippen molar-refractivity contribution in [2.24, 2.45) is 0 Å². The van der Waals surface area contributed by atoms with Crippen molar-refractivity contribution in [3.8, 4) is 0 Å². The number of carbonyl (C=O) groups is 1. The van der Waals surface area contributed by atoms with E-state index in [1.54, 1.807) is 24.3 Å². The third-order valence-corrected chi connectivity index (χ3v) is 2.39. The van der Waals surface area contributed by atoms with Gasteiger partial charge in [0.25, 0.3) is 0 Å². The van der Waals surface area contributed by atoms with Crippen LogP contribution in [0.1, 0.15) is 38.1 Å². The van der Waals surface area contributed by atoms with Crippen molar-refractivity contribution in [1.29, 1.82) is 0 Å². The van der Waals surface area contributed by atoms with Gasteiger partial charge < -0.3 is 5.32 Å². The van der Waals surface area contributed by atoms with Gasteiger partial charge in [0, 0.05) is 16.1 Å². The number of carbonyl (C=O) groups excluding carboxylic acids is 1. The van der Waals surface area contributed by atoms with Crippen LogP contribution in [0.2, 0.25) is 5.02 Å². The first kappa shape index (κ1) is 17.1. The van der Waals surface area contributed by atoms with E-state index in [-0.39, 0.29) is 46.9 Å². The van der Waals surface area contributed by atoms with Crippen LogP contribution in [0.25, 0.3) is 0 Å². The molecule has 0 fully saturated rings. The van der Waals surface area contributed by atoms with Crippen LogP contribution in [-0.2, 0) is 0 Å². The Balaban J connectivity index is 0.00000256. The summed E-state index contributed by atoms with van der Waals surface area (Å²) in [6.45, 7) is 7.98. The van der Waals surface area contributed by atoms with E-state index < -0.39 is 0 Å². The Bertz CT molecular complexity index is 387. The monoisotopic (exact) mass is 263 g/mol. The molecule has 1 aromatic carbocycles. The molecule has 0 aromatic heterocycles. The van der Waals surface area contributed by atoms with Crippen molar-refractivity contribution in [2.45, 2.75) is 39.3 Å². The van der Waals surface area contributed by atoms with E-state index in [2.05, 4.69) is 5.32 Å². The van der Waals surface area contributed by atoms with Crippen molar-refractivity contribution in [3.05, 3.63) is 34.9 Å². The Kier molecular flexibility index (Phi) is 6.97. The number of rotatable bonds is 3. The molecule has 4 heteroatoms. The maximum absolute atomic E-state index is 12.1. The normalized spacial score (nSPS) is 12.8. The molecule has 1 aromatic rings. The summed E-state index contributed by atoms with van der Waals surface area (Å²) in [5, 5.41) is 3.84. The molecule has 0 saturated heterocycles. The van der Waals surface area contributed by atoms with Crippen LogP contribution in [0.4, 0.5) is 0 Å². The molecule has 0 radical (unpaired) electrons. The first-order chi connectivity index (χ1) is 7.29. The van der Waals surface area contributed by atoms with Gasteiger partial charge in [-0.15, -0.1) is 0 Å². The summed E-state index contributed by atoms with van der Waals surface area (Å²) in [5.41, 5.74) is 0.574. The average molecular weight is 264 g/mol. The van der Waals surface area contributed by atoms with Gasteiger partial charge in [-0.2, -0.15) is 0 Å². The molecule has 1 unspecified atom stereocenters. The molecule has 0 spiro atoms. The molecule has 0 aliphatic carbocycles. The first-order valence-corrected chi connectivity index (χ1v) is 5.75. The predicted molar refractivity (Wildman–Crippen MR) is 75.3 cm³/mol. The van der Waals surface area contributed by atoms with Crippen molar-refractivity contribution < 1.29 is 4.79 Å². The number of Topliss-reactive ketones (excluding diaryl/α,β-unsaturated/α-hetero) is 1. The molecule has 0 amide bonds. The van der Waals surface area contributed by atoms with Gasteiger partial charge in [-0.3, -0.25) is 4.79 Å². The van der Waals surface area contributed by atoms with E-state index >= 15 is 0 Å². The minimum atomic E-state index is -0.210. The van der Waals surface area contributed by atoms with Gasteiger partial charge in [0.2, 0.25) is 0 Å². The van der Waals surface area contributed by atoms with Gasteiger partial charge in [-0.05, 0) is 39.8 Å². The number of benzene rings is 1. The van der Waals surface area contributed by atoms with Crippen LogP contribution >= 0.6 is 11.6 Å². The summed E-state index contributed by atoms with van der Waals surface area (Å²) < 4.78 is 0. The van der Waals surface area contributed by atoms with Crippen LogP contribution in [-0.4, -0.2) is 46.9 Å². The molecule has 2 nitrogen and oxygen atoms in total. The summed E-state index contributed by atoms with van der Waals surface area (Å²) in [7, 11) is 0. The molecule has 1 N–H and O–H groups in total. The Labute approximate surface area is 130 Å². The van der Waals surface area contributed by atoms with E-state index in [9.17, 15) is 4.79 Å². The number of nitrogens with one attached hydrogen (secondary N) is 1. The Morgan fingerprint density at radius 2 is 1.94 bits per heavy atom. The summed E-state index contributed by atoms with van der Waals surface area (Å²) in [5.74, 6) is 0.0671. The van der Waals surface area contributed by atoms with Gasteiger partial charge in [-0.1, -0.05) is 23.7 Å². The van der Waals surface area contributed by atoms with E-state index in [1.165, 1.54) is 0 Å². The number of halogens is 1. The van der Waals surface area contributed by atoms with E-state index in [1.807, 2.05) is 27.7 Å². The Morgan fingerprint density at radius 3 is 2.41 bits per heavy atom. The molecular weight excluding hydrogens is 245 g/mol. The summed E-state index contributed by atoms with van der Waals surface area (Å²) >= 11 is 5.85. The zero-order chi connectivity index (χ0) is 12.3. The molecule has 0 aliphatic heterocycles. The minimum absolute atomic E-state index is 0. The summed E-state index contributed by atoms with van der Waals surface area (Å²) in [6, 6.07) is 6.83. The molecule has 0 heterocycles. The summed E-state index contributed by atoms with van der Waals surface area (Å²) in [4.78, 5) is 12.1. The molecule has 0 saturated carbocycles. The first-order valence-electron chi connectivity index (χ1n) is 5.37. The second-order valence-corrected chi connectivity index (χ2v) is 5.43. The Morgan fingerprint density at radius 1 is 1.35 bits per heavy atom. The third-order valence-electron chi connectivity index (χ3n) is 2.15. The molecule has 0 aliphatic rings. The van der Waals surface area contributed by atoms with Crippen molar-refractivity contribution in [1.82, 2.24) is 5.32 Å². The maximum atomic E-state index is 12.1. The van der Waals surface area contributed by atoms with Crippen molar-refractivity contribution >= 4 is 46.9 Å². The van der Waals surface area contributed by atoms with Crippen LogP contribution in [0, 0.1) is 0 Å². The molecule has 90 valence electrons. The van der Waals surface area contributed by atoms with Crippen LogP contribution < -0.4 is 5.32 Å². The average Bonchev–Trinajstić information content (AvgIpc) is 2.14. The molecule has 1 rings (SSSR count). The SMILES string of the molecule is CC(NC(C)(C)C)C(=O)c1cccc(Cl)c1.[NaH]. The fraction of sp³-hybridized carbons (Fsp3) is 0.462. The second-order valence-electron chi connectivity index (χ2n) is 4.99. The van der Waals surface area contributed by atoms with Gasteiger partial charge in [-0.25, -0.2) is 0 Å². The molecule has 0 bridgehead atoms. The quantitative estimate of drug-likeness (QED) is 0.671. The molecular formula is C13H19ClNNaO. The molecule has 1 atom stereocenters. The number of hydrogen-bond donors (Lipinski definition) is 1. The van der Waals surface area contributed by atoms with Crippen LogP contribution in [0.15, 0.2) is 24.3 Å². The van der Waals surface area contributed by atoms with Gasteiger partial charge in [0.1, 0.15) is 0 Å². The fourth-order valence-electron chi connectivity index (χ4n) is 1.61. The van der Waals surface area contributed by atoms with Crippen LogP contribution in [0.3, 0.4) is 0 Å². The van der Waals surface area contributed by atoms with Gasteiger partial charge >= 0.3 is 29.6 Å². The zero-order valence-electron chi connectivity index (χ0n) is 10.2. The van der Waals surface area contributed by atoms with Crippen molar-refractivity contribution in [2.75, 3.05) is 0 Å². The van der Waals surface area contributed by atoms with Gasteiger partial charge in [0.05, 0.1) is 6.04 Å². The van der Waals surface area contributed by atoms with Gasteiger partial charge in [0.15, 0.2) is 5.78 Å². The number of ketones is 1. The zero-order valence-corrected chi connectivity index (χ0v) is 10.9. The topological polar surface area (TPSA) is 29.1 Å². The second kappa shape index (κ2) is 6.91. The third kappa shape index (κ3) is 6.03. The standard InChI is InChI=1S/C13H18ClNO.Na.H/c1-9(15-13(2,3)4)12(16)10-6-5-7-11(14)8-10;;/h5-9,15H,1-4H3;;. The van der Waals surface area contributed by atoms with E-state index in [4.69, 9.17) is 11.6 Å². The summed E-state index contributed by atoms with van der Waals surface area (Å²) in [6.07, 6.45) is 0. The number of hydrogen-bond acceptors (Lipinski definition) is 2. The molecule has 17 heavy (non-hydrogen) atoms.